The van der Waals surface area contributed by atoms with Gasteiger partial charge in [-0.05, 0) is 36.9 Å². The second-order valence-corrected chi connectivity index (χ2v) is 4.44. The Morgan fingerprint density at radius 1 is 1.00 bits per heavy atom. The molecule has 2 nitrogen and oxygen atoms in total. The zero-order valence-electron chi connectivity index (χ0n) is 10.5. The van der Waals surface area contributed by atoms with Crippen LogP contribution in [0.1, 0.15) is 16.7 Å². The summed E-state index contributed by atoms with van der Waals surface area (Å²) >= 11 is 0. The maximum atomic E-state index is 10.5. The highest BCUT2D eigenvalue weighted by Crippen LogP contribution is 2.03. The molecule has 0 amide bonds. The predicted octanol–water partition coefficient (Wildman–Crippen LogP) is 1.27. The van der Waals surface area contributed by atoms with E-state index in [1.54, 1.807) is 12.1 Å². The van der Waals surface area contributed by atoms with Crippen molar-refractivity contribution in [3.05, 3.63) is 59.2 Å². The fourth-order valence-electron chi connectivity index (χ4n) is 2.07. The van der Waals surface area contributed by atoms with E-state index in [2.05, 4.69) is 6.07 Å². The topological polar surface area (TPSA) is 44.0 Å². The first-order valence-corrected chi connectivity index (χ1v) is 5.87. The smallest absolute Gasteiger partial charge is 0.359 e. The van der Waals surface area contributed by atoms with Crippen LogP contribution in [0, 0.1) is 25.2 Å². The van der Waals surface area contributed by atoms with Crippen LogP contribution in [-0.4, -0.2) is 11.9 Å². The Bertz CT molecular complexity index is 616. The highest BCUT2D eigenvalue weighted by Gasteiger charge is 2.20. The lowest BCUT2D eigenvalue weighted by atomic mass is 9.53. The number of hydrogen-bond acceptors (Lipinski definition) is 2. The van der Waals surface area contributed by atoms with Crippen molar-refractivity contribution in [3.8, 4) is 6.07 Å². The predicted molar refractivity (Wildman–Crippen MR) is 74.3 cm³/mol. The number of aryl methyl sites for hydroxylation is 2. The molecule has 88 valence electrons. The molecule has 0 spiro atoms. The van der Waals surface area contributed by atoms with Crippen LogP contribution in [0.25, 0.3) is 0 Å². The summed E-state index contributed by atoms with van der Waals surface area (Å²) in [6.07, 6.45) is 0. The summed E-state index contributed by atoms with van der Waals surface area (Å²) in [6.45, 7) is 3.24. The maximum Gasteiger partial charge on any atom is 0.359 e. The van der Waals surface area contributed by atoms with Gasteiger partial charge in [0, 0.05) is 0 Å². The quantitative estimate of drug-likeness (QED) is 0.796. The fourth-order valence-corrected chi connectivity index (χ4v) is 2.07. The Hall–Kier alpha value is -2.05. The molecule has 0 saturated carbocycles. The monoisotopic (exact) mass is 235 g/mol. The third-order valence-corrected chi connectivity index (χ3v) is 3.19. The SMILES string of the molecule is Cc1ccccc1B(O)c1cc(C#N)ccc1C. The third-order valence-electron chi connectivity index (χ3n) is 3.19. The number of nitriles is 1. The molecule has 0 aliphatic heterocycles. The van der Waals surface area contributed by atoms with Gasteiger partial charge in [-0.25, -0.2) is 0 Å². The normalized spacial score (nSPS) is 9.89. The van der Waals surface area contributed by atoms with E-state index >= 15 is 0 Å². The molecule has 0 aliphatic carbocycles. The van der Waals surface area contributed by atoms with E-state index in [9.17, 15) is 5.02 Å². The van der Waals surface area contributed by atoms with Crippen molar-refractivity contribution >= 4 is 17.8 Å². The van der Waals surface area contributed by atoms with Gasteiger partial charge in [-0.3, -0.25) is 0 Å². The van der Waals surface area contributed by atoms with E-state index in [1.807, 2.05) is 44.2 Å². The van der Waals surface area contributed by atoms with Gasteiger partial charge in [0.05, 0.1) is 11.6 Å². The van der Waals surface area contributed by atoms with Gasteiger partial charge in [0.25, 0.3) is 0 Å². The van der Waals surface area contributed by atoms with Crippen molar-refractivity contribution in [1.82, 2.24) is 0 Å². The molecular formula is C15H14BNO. The zero-order chi connectivity index (χ0) is 13.1. The van der Waals surface area contributed by atoms with Crippen LogP contribution in [0.3, 0.4) is 0 Å². The fraction of sp³-hybridized carbons (Fsp3) is 0.133. The summed E-state index contributed by atoms with van der Waals surface area (Å²) in [6, 6.07) is 15.2. The van der Waals surface area contributed by atoms with Crippen molar-refractivity contribution in [2.24, 2.45) is 0 Å². The van der Waals surface area contributed by atoms with Crippen LogP contribution < -0.4 is 10.9 Å². The van der Waals surface area contributed by atoms with Gasteiger partial charge in [0.2, 0.25) is 0 Å². The molecule has 1 N–H and O–H groups in total. The lowest BCUT2D eigenvalue weighted by Gasteiger charge is -2.13. The Labute approximate surface area is 108 Å². The second-order valence-electron chi connectivity index (χ2n) is 4.44. The lowest BCUT2D eigenvalue weighted by molar-refractivity contribution is 0.599. The molecule has 0 aliphatic rings. The Morgan fingerprint density at radius 3 is 2.33 bits per heavy atom. The molecule has 18 heavy (non-hydrogen) atoms. The molecule has 0 bridgehead atoms. The van der Waals surface area contributed by atoms with E-state index in [0.717, 1.165) is 22.1 Å². The largest absolute Gasteiger partial charge is 0.443 e. The number of nitrogens with zero attached hydrogens (tertiary/aromatic N) is 1. The number of rotatable bonds is 2. The van der Waals surface area contributed by atoms with Crippen molar-refractivity contribution in [3.63, 3.8) is 0 Å². The minimum atomic E-state index is -0.681. The van der Waals surface area contributed by atoms with Gasteiger partial charge in [-0.15, -0.1) is 0 Å². The molecule has 0 atom stereocenters. The third kappa shape index (κ3) is 2.29. The minimum absolute atomic E-state index is 0.572. The van der Waals surface area contributed by atoms with Gasteiger partial charge >= 0.3 is 6.92 Å². The van der Waals surface area contributed by atoms with Gasteiger partial charge in [-0.2, -0.15) is 5.26 Å². The second kappa shape index (κ2) is 5.08. The molecule has 0 saturated heterocycles. The number of hydrogen-bond donors (Lipinski definition) is 1. The summed E-state index contributed by atoms with van der Waals surface area (Å²) in [5.74, 6) is 0. The van der Waals surface area contributed by atoms with Crippen LogP contribution in [0.4, 0.5) is 0 Å². The molecule has 2 rings (SSSR count). The summed E-state index contributed by atoms with van der Waals surface area (Å²) in [4.78, 5) is 0. The molecule has 2 aromatic rings. The van der Waals surface area contributed by atoms with E-state index in [1.165, 1.54) is 0 Å². The summed E-state index contributed by atoms with van der Waals surface area (Å²) in [7, 11) is 0. The van der Waals surface area contributed by atoms with E-state index in [-0.39, 0.29) is 0 Å². The Morgan fingerprint density at radius 2 is 1.67 bits per heavy atom. The van der Waals surface area contributed by atoms with Crippen LogP contribution in [-0.2, 0) is 0 Å². The molecule has 0 radical (unpaired) electrons. The van der Waals surface area contributed by atoms with Gasteiger partial charge in [-0.1, -0.05) is 41.5 Å². The molecule has 0 heterocycles. The van der Waals surface area contributed by atoms with E-state index < -0.39 is 6.92 Å². The van der Waals surface area contributed by atoms with Crippen LogP contribution in [0.15, 0.2) is 42.5 Å². The standard InChI is InChI=1S/C15H14BNO/c1-11-5-3-4-6-14(11)16(18)15-9-13(10-17)8-7-12(15)2/h3-9,18H,1-2H3. The average molecular weight is 235 g/mol. The highest BCUT2D eigenvalue weighted by molar-refractivity contribution is 6.79. The van der Waals surface area contributed by atoms with Gasteiger partial charge in [0.1, 0.15) is 0 Å². The van der Waals surface area contributed by atoms with Gasteiger partial charge in [0.15, 0.2) is 0 Å². The summed E-state index contributed by atoms with van der Waals surface area (Å²) in [5, 5.41) is 19.4. The van der Waals surface area contributed by atoms with Crippen molar-refractivity contribution in [1.29, 1.82) is 5.26 Å². The van der Waals surface area contributed by atoms with Crippen LogP contribution in [0.2, 0.25) is 0 Å². The number of benzene rings is 2. The summed E-state index contributed by atoms with van der Waals surface area (Å²) in [5.41, 5.74) is 4.29. The first-order chi connectivity index (χ1) is 8.63. The Kier molecular flexibility index (Phi) is 3.50. The first-order valence-electron chi connectivity index (χ1n) is 5.87. The highest BCUT2D eigenvalue weighted by atomic mass is 16.2. The van der Waals surface area contributed by atoms with Crippen molar-refractivity contribution in [2.75, 3.05) is 0 Å². The van der Waals surface area contributed by atoms with Crippen molar-refractivity contribution in [2.45, 2.75) is 13.8 Å². The molecule has 0 fully saturated rings. The minimum Gasteiger partial charge on any atom is -0.443 e. The van der Waals surface area contributed by atoms with Crippen LogP contribution in [0.5, 0.6) is 0 Å². The van der Waals surface area contributed by atoms with E-state index in [4.69, 9.17) is 5.26 Å². The molecule has 0 unspecified atom stereocenters. The average Bonchev–Trinajstić information content (AvgIpc) is 2.39. The van der Waals surface area contributed by atoms with E-state index in [0.29, 0.717) is 5.56 Å². The van der Waals surface area contributed by atoms with Gasteiger partial charge < -0.3 is 5.02 Å². The maximum absolute atomic E-state index is 10.5. The lowest BCUT2D eigenvalue weighted by Crippen LogP contribution is -2.45. The zero-order valence-corrected chi connectivity index (χ0v) is 10.5. The molecule has 0 aromatic heterocycles. The molecule has 3 heteroatoms. The molecule has 2 aromatic carbocycles. The van der Waals surface area contributed by atoms with Crippen LogP contribution >= 0.6 is 0 Å². The molecular weight excluding hydrogens is 221 g/mol. The van der Waals surface area contributed by atoms with Crippen molar-refractivity contribution < 1.29 is 5.02 Å². The Balaban J connectivity index is 2.49. The summed E-state index contributed by atoms with van der Waals surface area (Å²) < 4.78 is 0. The first kappa shape index (κ1) is 12.4.